The molecule has 8 heteroatoms. The van der Waals surface area contributed by atoms with Crippen molar-refractivity contribution in [3.05, 3.63) is 46.1 Å². The molecule has 2 aromatic rings. The number of nitrogens with two attached hydrogens (primary N) is 1. The first kappa shape index (κ1) is 17.4. The molecule has 3 rings (SSSR count). The molecule has 0 saturated carbocycles. The zero-order valence-electron chi connectivity index (χ0n) is 14.0. The molecular weight excluding hydrogens is 344 g/mol. The Balaban J connectivity index is 1.84. The van der Waals surface area contributed by atoms with Crippen molar-refractivity contribution in [2.45, 2.75) is 13.0 Å². The van der Waals surface area contributed by atoms with Crippen LogP contribution in [0.5, 0.6) is 0 Å². The van der Waals surface area contributed by atoms with E-state index in [9.17, 15) is 4.79 Å². The van der Waals surface area contributed by atoms with Crippen LogP contribution >= 0.6 is 11.6 Å². The van der Waals surface area contributed by atoms with Crippen LogP contribution in [0.1, 0.15) is 27.6 Å². The number of morpholine rings is 1. The highest BCUT2D eigenvalue weighted by molar-refractivity contribution is 6.29. The third kappa shape index (κ3) is 3.67. The van der Waals surface area contributed by atoms with E-state index < -0.39 is 0 Å². The number of benzene rings is 1. The minimum absolute atomic E-state index is 0.146. The molecule has 1 aliphatic heterocycles. The van der Waals surface area contributed by atoms with Crippen molar-refractivity contribution in [1.82, 2.24) is 10.2 Å². The molecule has 0 bridgehead atoms. The molecule has 0 unspecified atom stereocenters. The largest absolute Gasteiger partial charge is 0.465 e. The highest BCUT2D eigenvalue weighted by atomic mass is 35.5. The van der Waals surface area contributed by atoms with Crippen LogP contribution in [0, 0.1) is 6.92 Å². The van der Waals surface area contributed by atoms with Crippen molar-refractivity contribution in [1.29, 1.82) is 0 Å². The van der Waals surface area contributed by atoms with Crippen molar-refractivity contribution < 1.29 is 14.3 Å². The summed E-state index contributed by atoms with van der Waals surface area (Å²) in [5.74, 6) is -0.0195. The molecule has 1 fully saturated rings. The smallest absolute Gasteiger partial charge is 0.337 e. The topological polar surface area (TPSA) is 90.6 Å². The molecule has 2 heterocycles. The number of rotatable bonds is 3. The Hall–Kier alpha value is -2.38. The third-order valence-electron chi connectivity index (χ3n) is 4.22. The van der Waals surface area contributed by atoms with Gasteiger partial charge in [0.05, 0.1) is 25.0 Å². The van der Waals surface area contributed by atoms with Gasteiger partial charge in [-0.15, -0.1) is 10.2 Å². The molecule has 1 aromatic carbocycles. The second-order valence-electron chi connectivity index (χ2n) is 5.81. The average molecular weight is 363 g/mol. The lowest BCUT2D eigenvalue weighted by Gasteiger charge is -2.35. The summed E-state index contributed by atoms with van der Waals surface area (Å²) in [5, 5.41) is 7.92. The van der Waals surface area contributed by atoms with E-state index in [2.05, 4.69) is 15.1 Å². The summed E-state index contributed by atoms with van der Waals surface area (Å²) in [6.45, 7) is 3.78. The van der Waals surface area contributed by atoms with Crippen molar-refractivity contribution in [2.75, 3.05) is 37.4 Å². The average Bonchev–Trinajstić information content (AvgIpc) is 2.63. The zero-order valence-corrected chi connectivity index (χ0v) is 14.8. The molecule has 1 saturated heterocycles. The number of carbonyl (C=O) groups is 1. The van der Waals surface area contributed by atoms with Crippen LogP contribution in [0.3, 0.4) is 0 Å². The number of anilines is 2. The lowest BCUT2D eigenvalue weighted by molar-refractivity contribution is 0.0393. The number of methoxy groups -OCH3 is 1. The van der Waals surface area contributed by atoms with Crippen molar-refractivity contribution >= 4 is 29.1 Å². The van der Waals surface area contributed by atoms with Gasteiger partial charge in [0.25, 0.3) is 0 Å². The summed E-state index contributed by atoms with van der Waals surface area (Å²) in [5.41, 5.74) is 9.19. The van der Waals surface area contributed by atoms with E-state index in [0.717, 1.165) is 16.8 Å². The van der Waals surface area contributed by atoms with Gasteiger partial charge in [-0.1, -0.05) is 17.7 Å². The van der Waals surface area contributed by atoms with Crippen LogP contribution in [0.25, 0.3) is 0 Å². The van der Waals surface area contributed by atoms with E-state index in [-0.39, 0.29) is 12.1 Å². The van der Waals surface area contributed by atoms with E-state index >= 15 is 0 Å². The number of nitrogens with zero attached hydrogens (tertiary/aromatic N) is 3. The van der Waals surface area contributed by atoms with Gasteiger partial charge >= 0.3 is 5.97 Å². The number of hydrogen-bond acceptors (Lipinski definition) is 7. The van der Waals surface area contributed by atoms with Crippen LogP contribution in [0.15, 0.2) is 24.3 Å². The van der Waals surface area contributed by atoms with E-state index in [0.29, 0.717) is 36.2 Å². The number of carbonyl (C=O) groups excluding carboxylic acids is 1. The summed E-state index contributed by atoms with van der Waals surface area (Å²) in [6.07, 6.45) is -0.146. The number of aryl methyl sites for hydroxylation is 1. The number of esters is 1. The lowest BCUT2D eigenvalue weighted by atomic mass is 9.99. The fourth-order valence-corrected chi connectivity index (χ4v) is 3.10. The maximum Gasteiger partial charge on any atom is 0.337 e. The minimum Gasteiger partial charge on any atom is -0.465 e. The van der Waals surface area contributed by atoms with Gasteiger partial charge in [-0.25, -0.2) is 4.79 Å². The Morgan fingerprint density at radius 3 is 2.92 bits per heavy atom. The zero-order chi connectivity index (χ0) is 18.0. The minimum atomic E-state index is -0.355. The first-order valence-electron chi connectivity index (χ1n) is 7.83. The molecule has 0 aliphatic carbocycles. The standard InChI is InChI=1S/C17H19ClN4O3/c1-10-7-11(17(23)24-2)3-4-12(10)14-9-22(5-6-25-14)13-8-15(18)20-21-16(13)19/h3-4,7-8,14H,5-6,9H2,1-2H3,(H2,19,21)/t14-/m1/s1. The Morgan fingerprint density at radius 1 is 1.40 bits per heavy atom. The Bertz CT molecular complexity index is 799. The van der Waals surface area contributed by atoms with Crippen LogP contribution in [0.4, 0.5) is 11.5 Å². The highest BCUT2D eigenvalue weighted by Crippen LogP contribution is 2.31. The first-order chi connectivity index (χ1) is 12.0. The quantitative estimate of drug-likeness (QED) is 0.838. The van der Waals surface area contributed by atoms with Crippen molar-refractivity contribution in [3.63, 3.8) is 0 Å². The van der Waals surface area contributed by atoms with Gasteiger partial charge in [-0.05, 0) is 30.2 Å². The fourth-order valence-electron chi connectivity index (χ4n) is 2.96. The SMILES string of the molecule is COC(=O)c1ccc([C@H]2CN(c3cc(Cl)nnc3N)CCO2)c(C)c1. The van der Waals surface area contributed by atoms with Crippen LogP contribution < -0.4 is 10.6 Å². The third-order valence-corrected chi connectivity index (χ3v) is 4.40. The second kappa shape index (κ2) is 7.25. The van der Waals surface area contributed by atoms with Gasteiger partial charge in [-0.2, -0.15) is 0 Å². The Kier molecular flexibility index (Phi) is 5.06. The summed E-state index contributed by atoms with van der Waals surface area (Å²) in [6, 6.07) is 7.16. The number of ether oxygens (including phenoxy) is 2. The summed E-state index contributed by atoms with van der Waals surface area (Å²) in [7, 11) is 1.37. The molecule has 0 amide bonds. The maximum atomic E-state index is 11.7. The van der Waals surface area contributed by atoms with E-state index in [4.69, 9.17) is 26.8 Å². The molecule has 25 heavy (non-hydrogen) atoms. The van der Waals surface area contributed by atoms with Crippen LogP contribution in [-0.4, -0.2) is 43.0 Å². The van der Waals surface area contributed by atoms with E-state index in [1.54, 1.807) is 12.1 Å². The number of halogens is 1. The number of aromatic nitrogens is 2. The fraction of sp³-hybridized carbons (Fsp3) is 0.353. The molecule has 0 spiro atoms. The first-order valence-corrected chi connectivity index (χ1v) is 8.21. The van der Waals surface area contributed by atoms with Gasteiger partial charge in [0, 0.05) is 19.2 Å². The van der Waals surface area contributed by atoms with Crippen molar-refractivity contribution in [3.8, 4) is 0 Å². The predicted molar refractivity (Wildman–Crippen MR) is 94.9 cm³/mol. The molecule has 2 N–H and O–H groups in total. The van der Waals surface area contributed by atoms with Crippen LogP contribution in [0.2, 0.25) is 5.15 Å². The maximum absolute atomic E-state index is 11.7. The van der Waals surface area contributed by atoms with Gasteiger partial charge in [0.2, 0.25) is 0 Å². The van der Waals surface area contributed by atoms with E-state index in [1.807, 2.05) is 19.1 Å². The second-order valence-corrected chi connectivity index (χ2v) is 6.19. The summed E-state index contributed by atoms with van der Waals surface area (Å²) < 4.78 is 10.7. The Labute approximate surface area is 150 Å². The molecule has 0 radical (unpaired) electrons. The molecular formula is C17H19ClN4O3. The molecule has 1 atom stereocenters. The number of hydrogen-bond donors (Lipinski definition) is 1. The normalized spacial score (nSPS) is 17.4. The molecule has 1 aromatic heterocycles. The van der Waals surface area contributed by atoms with E-state index in [1.165, 1.54) is 7.11 Å². The van der Waals surface area contributed by atoms with Crippen molar-refractivity contribution in [2.24, 2.45) is 0 Å². The van der Waals surface area contributed by atoms with Crippen LogP contribution in [-0.2, 0) is 9.47 Å². The highest BCUT2D eigenvalue weighted by Gasteiger charge is 2.25. The van der Waals surface area contributed by atoms with Gasteiger partial charge in [0.1, 0.15) is 6.10 Å². The molecule has 132 valence electrons. The monoisotopic (exact) mass is 362 g/mol. The van der Waals surface area contributed by atoms with Gasteiger partial charge in [0.15, 0.2) is 11.0 Å². The predicted octanol–water partition coefficient (Wildman–Crippen LogP) is 2.39. The molecule has 1 aliphatic rings. The number of nitrogen functional groups attached to an aromatic ring is 1. The Morgan fingerprint density at radius 2 is 2.20 bits per heavy atom. The lowest BCUT2D eigenvalue weighted by Crippen LogP contribution is -2.39. The molecule has 7 nitrogen and oxygen atoms in total. The van der Waals surface area contributed by atoms with Gasteiger partial charge in [-0.3, -0.25) is 0 Å². The summed E-state index contributed by atoms with van der Waals surface area (Å²) >= 11 is 5.94. The summed E-state index contributed by atoms with van der Waals surface area (Å²) in [4.78, 5) is 13.7. The van der Waals surface area contributed by atoms with Gasteiger partial charge < -0.3 is 20.1 Å².